The van der Waals surface area contributed by atoms with Crippen LogP contribution in [0.5, 0.6) is 0 Å². The van der Waals surface area contributed by atoms with Gasteiger partial charge in [-0.05, 0) is 108 Å². The summed E-state index contributed by atoms with van der Waals surface area (Å²) < 4.78 is 7.33. The highest BCUT2D eigenvalue weighted by Crippen LogP contribution is 2.53. The van der Waals surface area contributed by atoms with Gasteiger partial charge in [0.1, 0.15) is 0 Å². The van der Waals surface area contributed by atoms with Crippen LogP contribution in [-0.4, -0.2) is 9.13 Å². The maximum Gasteiger partial charge on any atom is 0.0640 e. The molecule has 10 aromatic carbocycles. The highest BCUT2D eigenvalue weighted by atomic mass is 32.1. The van der Waals surface area contributed by atoms with Crippen LogP contribution in [0.2, 0.25) is 0 Å². The Bertz CT molecular complexity index is 4010. The lowest BCUT2D eigenvalue weighted by Crippen LogP contribution is -2.14. The number of fused-ring (bicyclic) bond motifs is 9. The van der Waals surface area contributed by atoms with Crippen LogP contribution >= 0.6 is 11.3 Å². The van der Waals surface area contributed by atoms with Gasteiger partial charge < -0.3 is 18.9 Å². The van der Waals surface area contributed by atoms with E-state index in [1.54, 1.807) is 0 Å². The van der Waals surface area contributed by atoms with Crippen molar-refractivity contribution in [3.63, 3.8) is 0 Å². The predicted octanol–water partition coefficient (Wildman–Crippen LogP) is 17.2. The zero-order valence-corrected chi connectivity index (χ0v) is 36.0. The Hall–Kier alpha value is -8.38. The third kappa shape index (κ3) is 5.43. The molecule has 1 aliphatic rings. The van der Waals surface area contributed by atoms with E-state index in [-0.39, 0.29) is 0 Å². The van der Waals surface area contributed by atoms with Crippen molar-refractivity contribution in [2.24, 2.45) is 0 Å². The normalized spacial score (nSPS) is 12.6. The van der Waals surface area contributed by atoms with E-state index in [2.05, 4.69) is 249 Å². The van der Waals surface area contributed by atoms with Crippen molar-refractivity contribution in [2.75, 3.05) is 9.80 Å². The fourth-order valence-electron chi connectivity index (χ4n) is 10.6. The number of hydrogen-bond acceptors (Lipinski definition) is 3. The topological polar surface area (TPSA) is 16.3 Å². The van der Waals surface area contributed by atoms with Gasteiger partial charge in [-0.15, -0.1) is 11.3 Å². The van der Waals surface area contributed by atoms with Crippen LogP contribution in [0.4, 0.5) is 34.1 Å². The first-order valence-electron chi connectivity index (χ1n) is 22.2. The highest BCUT2D eigenvalue weighted by molar-refractivity contribution is 7.27. The average molecular weight is 847 g/mol. The molecule has 0 aliphatic carbocycles. The van der Waals surface area contributed by atoms with Crippen molar-refractivity contribution in [3.8, 4) is 22.5 Å². The minimum atomic E-state index is 1.09. The molecule has 0 spiro atoms. The maximum atomic E-state index is 2.50. The second-order valence-corrected chi connectivity index (χ2v) is 18.0. The Labute approximate surface area is 379 Å². The van der Waals surface area contributed by atoms with Gasteiger partial charge in [-0.25, -0.2) is 0 Å². The van der Waals surface area contributed by atoms with E-state index in [4.69, 9.17) is 0 Å². The van der Waals surface area contributed by atoms with Crippen molar-refractivity contribution >= 4 is 109 Å². The molecule has 4 nitrogen and oxygen atoms in total. The van der Waals surface area contributed by atoms with Crippen LogP contribution in [0.15, 0.2) is 231 Å². The SMILES string of the molecule is c1ccc(-c2cc3cc(c2)N(c2ccc4c5ccccc5n(-c5ccccc5)c4c2)c2cccc4c2sc2c(cccc24)N3c2ccc3c(c2)c2ccccc2n3-c2ccccc2)cc1. The molecule has 0 amide bonds. The monoisotopic (exact) mass is 846 g/mol. The van der Waals surface area contributed by atoms with Crippen molar-refractivity contribution in [1.82, 2.24) is 9.13 Å². The van der Waals surface area contributed by atoms with Crippen LogP contribution in [0.25, 0.3) is 86.3 Å². The van der Waals surface area contributed by atoms with Gasteiger partial charge in [0.25, 0.3) is 0 Å². The number of anilines is 6. The van der Waals surface area contributed by atoms with E-state index in [1.165, 1.54) is 75.0 Å². The summed E-state index contributed by atoms with van der Waals surface area (Å²) in [4.78, 5) is 5.00. The second kappa shape index (κ2) is 14.1. The van der Waals surface area contributed by atoms with Crippen LogP contribution in [0.3, 0.4) is 0 Å². The quantitative estimate of drug-likeness (QED) is 0.172. The molecule has 5 heteroatoms. The highest BCUT2D eigenvalue weighted by Gasteiger charge is 2.27. The van der Waals surface area contributed by atoms with Crippen molar-refractivity contribution in [2.45, 2.75) is 0 Å². The Kier molecular flexibility index (Phi) is 7.82. The molecule has 0 fully saturated rings. The number of nitrogens with zero attached hydrogens (tertiary/aromatic N) is 4. The molecule has 13 aromatic rings. The third-order valence-corrected chi connectivity index (χ3v) is 14.6. The summed E-state index contributed by atoms with van der Waals surface area (Å²) >= 11 is 1.89. The van der Waals surface area contributed by atoms with E-state index < -0.39 is 0 Å². The first-order valence-corrected chi connectivity index (χ1v) is 23.0. The number of hydrogen-bond donors (Lipinski definition) is 0. The van der Waals surface area contributed by atoms with E-state index in [9.17, 15) is 0 Å². The zero-order valence-electron chi connectivity index (χ0n) is 35.1. The molecule has 0 saturated heterocycles. The molecule has 304 valence electrons. The minimum absolute atomic E-state index is 1.09. The van der Waals surface area contributed by atoms with Gasteiger partial charge in [-0.2, -0.15) is 0 Å². The summed E-state index contributed by atoms with van der Waals surface area (Å²) in [5, 5.41) is 7.43. The molecule has 0 unspecified atom stereocenters. The van der Waals surface area contributed by atoms with E-state index in [0.29, 0.717) is 0 Å². The molecular formula is C60H38N4S. The Balaban J connectivity index is 1.08. The standard InChI is InChI=1S/C60H38N4S/c1-4-16-39(17-5-1)40-34-45-36-46(35-40)62(44-30-32-49-47-22-10-12-26-53(47)64(58(49)38-44)42-20-8-3-9-21-42)57-29-15-25-51-50-24-14-28-56(59(50)65-60(51)57)61(45)43-31-33-55-52(37-43)48-23-11-13-27-54(48)63(55)41-18-6-2-7-19-41/h1-38H. The third-order valence-electron chi connectivity index (χ3n) is 13.3. The van der Waals surface area contributed by atoms with Crippen LogP contribution in [-0.2, 0) is 0 Å². The van der Waals surface area contributed by atoms with Gasteiger partial charge >= 0.3 is 0 Å². The maximum absolute atomic E-state index is 2.50. The molecule has 1 aliphatic heterocycles. The number of para-hydroxylation sites is 4. The van der Waals surface area contributed by atoms with Gasteiger partial charge in [0.15, 0.2) is 0 Å². The Morgan fingerprint density at radius 1 is 0.246 bits per heavy atom. The summed E-state index contributed by atoms with van der Waals surface area (Å²) in [6.07, 6.45) is 0. The number of thiophene rings is 1. The molecular weight excluding hydrogens is 809 g/mol. The summed E-state index contributed by atoms with van der Waals surface area (Å²) in [5.41, 5.74) is 16.1. The lowest BCUT2D eigenvalue weighted by Gasteiger charge is -2.31. The van der Waals surface area contributed by atoms with Gasteiger partial charge in [-0.3, -0.25) is 0 Å². The fourth-order valence-corrected chi connectivity index (χ4v) is 11.9. The van der Waals surface area contributed by atoms with Gasteiger partial charge in [0, 0.05) is 66.4 Å². The zero-order chi connectivity index (χ0) is 42.6. The van der Waals surface area contributed by atoms with Crippen molar-refractivity contribution < 1.29 is 0 Å². The fraction of sp³-hybridized carbons (Fsp3) is 0. The number of rotatable bonds is 5. The summed E-state index contributed by atoms with van der Waals surface area (Å²) in [6.45, 7) is 0. The van der Waals surface area contributed by atoms with Gasteiger partial charge in [-0.1, -0.05) is 133 Å². The minimum Gasteiger partial charge on any atom is -0.309 e. The van der Waals surface area contributed by atoms with Gasteiger partial charge in [0.2, 0.25) is 0 Å². The second-order valence-electron chi connectivity index (χ2n) is 17.0. The lowest BCUT2D eigenvalue weighted by molar-refractivity contribution is 1.18. The largest absolute Gasteiger partial charge is 0.309 e. The Morgan fingerprint density at radius 3 is 1.32 bits per heavy atom. The number of benzene rings is 10. The molecule has 3 aromatic heterocycles. The van der Waals surface area contributed by atoms with E-state index in [1.807, 2.05) is 11.3 Å². The molecule has 0 N–H and O–H groups in total. The molecule has 4 bridgehead atoms. The smallest absolute Gasteiger partial charge is 0.0640 e. The Morgan fingerprint density at radius 2 is 0.708 bits per heavy atom. The average Bonchev–Trinajstić information content (AvgIpc) is 4.03. The van der Waals surface area contributed by atoms with Crippen molar-refractivity contribution in [1.29, 1.82) is 0 Å². The van der Waals surface area contributed by atoms with Crippen LogP contribution < -0.4 is 9.80 Å². The molecule has 0 radical (unpaired) electrons. The van der Waals surface area contributed by atoms with Gasteiger partial charge in [0.05, 0.1) is 42.8 Å². The van der Waals surface area contributed by atoms with E-state index >= 15 is 0 Å². The van der Waals surface area contributed by atoms with Crippen molar-refractivity contribution in [3.05, 3.63) is 231 Å². The van der Waals surface area contributed by atoms with E-state index in [0.717, 1.165) is 45.4 Å². The summed E-state index contributed by atoms with van der Waals surface area (Å²) in [5.74, 6) is 0. The summed E-state index contributed by atoms with van der Waals surface area (Å²) in [6, 6.07) is 84.8. The van der Waals surface area contributed by atoms with Crippen LogP contribution in [0.1, 0.15) is 0 Å². The lowest BCUT2D eigenvalue weighted by atomic mass is 10.0. The molecule has 14 rings (SSSR count). The first-order chi connectivity index (χ1) is 32.2. The molecule has 0 atom stereocenters. The number of aromatic nitrogens is 2. The molecule has 4 heterocycles. The molecule has 65 heavy (non-hydrogen) atoms. The molecule has 0 saturated carbocycles. The first kappa shape index (κ1) is 36.1. The predicted molar refractivity (Wildman–Crippen MR) is 276 cm³/mol. The van der Waals surface area contributed by atoms with Crippen LogP contribution in [0, 0.1) is 0 Å². The summed E-state index contributed by atoms with van der Waals surface area (Å²) in [7, 11) is 0.